The molecule has 0 saturated carbocycles. The van der Waals surface area contributed by atoms with Gasteiger partial charge in [-0.15, -0.1) is 0 Å². The predicted molar refractivity (Wildman–Crippen MR) is 85.4 cm³/mol. The maximum atomic E-state index is 13.1. The Balaban J connectivity index is 2.05. The van der Waals surface area contributed by atoms with Gasteiger partial charge in [-0.1, -0.05) is 52.7 Å². The Hall–Kier alpha value is -0.900. The Labute approximate surface area is 132 Å². The van der Waals surface area contributed by atoms with Gasteiger partial charge in [-0.2, -0.15) is 0 Å². The molecule has 0 aliphatic heterocycles. The van der Waals surface area contributed by atoms with Gasteiger partial charge in [0.05, 0.1) is 0 Å². The fourth-order valence-electron chi connectivity index (χ4n) is 2.09. The maximum Gasteiger partial charge on any atom is 0.124 e. The topological polar surface area (TPSA) is 12.0 Å². The summed E-state index contributed by atoms with van der Waals surface area (Å²) < 4.78 is 13.8. The largest absolute Gasteiger partial charge is 0.306 e. The molecule has 1 unspecified atom stereocenters. The van der Waals surface area contributed by atoms with Crippen LogP contribution in [0.2, 0.25) is 5.02 Å². The molecule has 2 aromatic carbocycles. The number of nitrogens with one attached hydrogen (secondary N) is 1. The average molecular weight is 357 g/mol. The minimum atomic E-state index is -0.231. The molecule has 0 fully saturated rings. The molecule has 20 heavy (non-hydrogen) atoms. The van der Waals surface area contributed by atoms with E-state index in [2.05, 4.69) is 28.2 Å². The molecule has 1 atom stereocenters. The van der Waals surface area contributed by atoms with E-state index in [1.54, 1.807) is 6.07 Å². The highest BCUT2D eigenvalue weighted by atomic mass is 79.9. The van der Waals surface area contributed by atoms with Crippen molar-refractivity contribution in [3.05, 3.63) is 68.9 Å². The SMILES string of the molecule is CCC(NCc1ccc(F)cc1Br)c1ccc(Cl)cc1. The third kappa shape index (κ3) is 4.05. The second-order valence-electron chi connectivity index (χ2n) is 4.63. The summed E-state index contributed by atoms with van der Waals surface area (Å²) in [5.74, 6) is -0.231. The highest BCUT2D eigenvalue weighted by molar-refractivity contribution is 9.10. The van der Waals surface area contributed by atoms with Crippen LogP contribution >= 0.6 is 27.5 Å². The zero-order valence-electron chi connectivity index (χ0n) is 11.2. The van der Waals surface area contributed by atoms with Gasteiger partial charge in [0.1, 0.15) is 5.82 Å². The molecule has 0 aliphatic carbocycles. The molecular formula is C16H16BrClFN. The Bertz CT molecular complexity index is 571. The lowest BCUT2D eigenvalue weighted by Crippen LogP contribution is -2.20. The minimum Gasteiger partial charge on any atom is -0.306 e. The normalized spacial score (nSPS) is 12.4. The van der Waals surface area contributed by atoms with E-state index in [0.29, 0.717) is 6.54 Å². The first kappa shape index (κ1) is 15.5. The van der Waals surface area contributed by atoms with Crippen LogP contribution in [0.4, 0.5) is 4.39 Å². The van der Waals surface area contributed by atoms with Gasteiger partial charge in [-0.3, -0.25) is 0 Å². The van der Waals surface area contributed by atoms with E-state index in [-0.39, 0.29) is 11.9 Å². The zero-order valence-corrected chi connectivity index (χ0v) is 13.5. The highest BCUT2D eigenvalue weighted by Crippen LogP contribution is 2.22. The van der Waals surface area contributed by atoms with Gasteiger partial charge >= 0.3 is 0 Å². The van der Waals surface area contributed by atoms with E-state index in [1.807, 2.05) is 24.3 Å². The van der Waals surface area contributed by atoms with Crippen LogP contribution in [0.1, 0.15) is 30.5 Å². The van der Waals surface area contributed by atoms with Gasteiger partial charge in [0.25, 0.3) is 0 Å². The zero-order chi connectivity index (χ0) is 14.5. The quantitative estimate of drug-likeness (QED) is 0.747. The second-order valence-corrected chi connectivity index (χ2v) is 5.92. The van der Waals surface area contributed by atoms with E-state index in [4.69, 9.17) is 11.6 Å². The molecule has 0 heterocycles. The van der Waals surface area contributed by atoms with Gasteiger partial charge in [-0.25, -0.2) is 4.39 Å². The number of rotatable bonds is 5. The van der Waals surface area contributed by atoms with E-state index in [9.17, 15) is 4.39 Å². The molecule has 0 amide bonds. The molecule has 0 bridgehead atoms. The molecule has 106 valence electrons. The summed E-state index contributed by atoms with van der Waals surface area (Å²) in [6, 6.07) is 12.9. The van der Waals surface area contributed by atoms with Gasteiger partial charge in [0.2, 0.25) is 0 Å². The summed E-state index contributed by atoms with van der Waals surface area (Å²) in [5, 5.41) is 4.23. The van der Waals surface area contributed by atoms with Crippen LogP contribution in [0.3, 0.4) is 0 Å². The van der Waals surface area contributed by atoms with E-state index in [0.717, 1.165) is 21.5 Å². The second kappa shape index (κ2) is 7.21. The molecule has 0 radical (unpaired) electrons. The van der Waals surface area contributed by atoms with Crippen molar-refractivity contribution in [3.63, 3.8) is 0 Å². The standard InChI is InChI=1S/C16H16BrClFN/c1-2-16(11-3-6-13(18)7-4-11)20-10-12-5-8-14(19)9-15(12)17/h3-9,16,20H,2,10H2,1H3. The maximum absolute atomic E-state index is 13.1. The van der Waals surface area contributed by atoms with Crippen LogP contribution < -0.4 is 5.32 Å². The predicted octanol–water partition coefficient (Wildman–Crippen LogP) is 5.48. The Morgan fingerprint density at radius 3 is 2.50 bits per heavy atom. The summed E-state index contributed by atoms with van der Waals surface area (Å²) in [7, 11) is 0. The summed E-state index contributed by atoms with van der Waals surface area (Å²) in [6.07, 6.45) is 0.973. The third-order valence-electron chi connectivity index (χ3n) is 3.23. The van der Waals surface area contributed by atoms with Gasteiger partial charge in [-0.05, 0) is 41.8 Å². The van der Waals surface area contributed by atoms with Crippen molar-refractivity contribution in [1.29, 1.82) is 0 Å². The summed E-state index contributed by atoms with van der Waals surface area (Å²) in [5.41, 5.74) is 2.24. The Morgan fingerprint density at radius 2 is 1.90 bits per heavy atom. The number of halogens is 3. The molecule has 0 aliphatic rings. The molecule has 0 aromatic heterocycles. The van der Waals surface area contributed by atoms with E-state index < -0.39 is 0 Å². The number of benzene rings is 2. The van der Waals surface area contributed by atoms with Crippen molar-refractivity contribution in [2.45, 2.75) is 25.9 Å². The van der Waals surface area contributed by atoms with E-state index in [1.165, 1.54) is 17.7 Å². The first-order valence-corrected chi connectivity index (χ1v) is 7.70. The van der Waals surface area contributed by atoms with E-state index >= 15 is 0 Å². The van der Waals surface area contributed by atoms with Gasteiger partial charge in [0, 0.05) is 22.1 Å². The monoisotopic (exact) mass is 355 g/mol. The van der Waals surface area contributed by atoms with Crippen LogP contribution in [0.25, 0.3) is 0 Å². The summed E-state index contributed by atoms with van der Waals surface area (Å²) in [6.45, 7) is 2.81. The minimum absolute atomic E-state index is 0.231. The Morgan fingerprint density at radius 1 is 1.20 bits per heavy atom. The highest BCUT2D eigenvalue weighted by Gasteiger charge is 2.10. The lowest BCUT2D eigenvalue weighted by Gasteiger charge is -2.18. The lowest BCUT2D eigenvalue weighted by molar-refractivity contribution is 0.517. The van der Waals surface area contributed by atoms with Crippen molar-refractivity contribution < 1.29 is 4.39 Å². The fraction of sp³-hybridized carbons (Fsp3) is 0.250. The summed E-state index contributed by atoms with van der Waals surface area (Å²) >= 11 is 9.29. The first-order chi connectivity index (χ1) is 9.60. The average Bonchev–Trinajstić information content (AvgIpc) is 2.43. The molecule has 1 N–H and O–H groups in total. The summed E-state index contributed by atoms with van der Waals surface area (Å²) in [4.78, 5) is 0. The number of hydrogen-bond donors (Lipinski definition) is 1. The Kier molecular flexibility index (Phi) is 5.58. The van der Waals surface area contributed by atoms with Gasteiger partial charge in [0.15, 0.2) is 0 Å². The lowest BCUT2D eigenvalue weighted by atomic mass is 10.0. The fourth-order valence-corrected chi connectivity index (χ4v) is 2.71. The van der Waals surface area contributed by atoms with Gasteiger partial charge < -0.3 is 5.32 Å². The molecule has 2 rings (SSSR count). The van der Waals surface area contributed by atoms with Crippen LogP contribution in [0, 0.1) is 5.82 Å². The van der Waals surface area contributed by atoms with Crippen LogP contribution in [-0.2, 0) is 6.54 Å². The smallest absolute Gasteiger partial charge is 0.124 e. The molecule has 4 heteroatoms. The molecule has 0 spiro atoms. The molecule has 2 aromatic rings. The van der Waals surface area contributed by atoms with Crippen LogP contribution in [0.15, 0.2) is 46.9 Å². The van der Waals surface area contributed by atoms with Crippen LogP contribution in [0.5, 0.6) is 0 Å². The van der Waals surface area contributed by atoms with Crippen molar-refractivity contribution in [2.24, 2.45) is 0 Å². The van der Waals surface area contributed by atoms with Crippen molar-refractivity contribution >= 4 is 27.5 Å². The van der Waals surface area contributed by atoms with Crippen LogP contribution in [-0.4, -0.2) is 0 Å². The molecule has 1 nitrogen and oxygen atoms in total. The van der Waals surface area contributed by atoms with Crippen molar-refractivity contribution in [1.82, 2.24) is 5.32 Å². The van der Waals surface area contributed by atoms with Crippen molar-refractivity contribution in [3.8, 4) is 0 Å². The molecule has 0 saturated heterocycles. The third-order valence-corrected chi connectivity index (χ3v) is 4.22. The molecular weight excluding hydrogens is 341 g/mol. The van der Waals surface area contributed by atoms with Crippen molar-refractivity contribution in [2.75, 3.05) is 0 Å². The first-order valence-electron chi connectivity index (χ1n) is 6.53. The number of hydrogen-bond acceptors (Lipinski definition) is 1.